The van der Waals surface area contributed by atoms with E-state index in [1.807, 2.05) is 0 Å². The van der Waals surface area contributed by atoms with E-state index >= 15 is 0 Å². The van der Waals surface area contributed by atoms with Gasteiger partial charge in [0, 0.05) is 5.56 Å². The predicted octanol–water partition coefficient (Wildman–Crippen LogP) is 3.35. The zero-order valence-corrected chi connectivity index (χ0v) is 9.18. The van der Waals surface area contributed by atoms with Gasteiger partial charge in [0.2, 0.25) is 0 Å². The third kappa shape index (κ3) is 2.53. The molecule has 0 aromatic heterocycles. The average molecular weight is 286 g/mol. The van der Waals surface area contributed by atoms with Gasteiger partial charge in [-0.1, -0.05) is 12.7 Å². The topological polar surface area (TPSA) is 40.5 Å². The molecule has 8 heteroatoms. The molecule has 0 unspecified atom stereocenters. The molecule has 19 heavy (non-hydrogen) atoms. The lowest BCUT2D eigenvalue weighted by molar-refractivity contribution is -0.376. The number of hydrogen-bond acceptors (Lipinski definition) is 2. The van der Waals surface area contributed by atoms with Crippen LogP contribution in [0.4, 0.5) is 26.3 Å². The van der Waals surface area contributed by atoms with E-state index < -0.39 is 29.3 Å². The van der Waals surface area contributed by atoms with E-state index in [1.165, 1.54) is 0 Å². The van der Waals surface area contributed by atoms with Crippen LogP contribution in [0.2, 0.25) is 0 Å². The molecular weight excluding hydrogens is 278 g/mol. The standard InChI is InChI=1S/C11H8F6O2/c1-2-6-3-7(5-8(18)4-6)9(19,10(12,13)14)11(15,16)17/h2-5,18-19H,1H2. The fourth-order valence-corrected chi connectivity index (χ4v) is 1.45. The van der Waals surface area contributed by atoms with E-state index in [0.717, 1.165) is 12.1 Å². The molecule has 0 atom stereocenters. The summed E-state index contributed by atoms with van der Waals surface area (Å²) in [5.41, 5.74) is -6.78. The Kier molecular flexibility index (Phi) is 3.59. The van der Waals surface area contributed by atoms with Crippen molar-refractivity contribution in [2.45, 2.75) is 18.0 Å². The summed E-state index contributed by atoms with van der Waals surface area (Å²) in [7, 11) is 0. The number of aromatic hydroxyl groups is 1. The first-order valence-corrected chi connectivity index (χ1v) is 4.76. The number of halogens is 6. The first-order valence-electron chi connectivity index (χ1n) is 4.76. The highest BCUT2D eigenvalue weighted by molar-refractivity contribution is 5.53. The number of benzene rings is 1. The summed E-state index contributed by atoms with van der Waals surface area (Å²) in [6.45, 7) is 3.16. The Hall–Kier alpha value is -1.70. The van der Waals surface area contributed by atoms with Crippen molar-refractivity contribution in [2.24, 2.45) is 0 Å². The smallest absolute Gasteiger partial charge is 0.430 e. The van der Waals surface area contributed by atoms with Crippen molar-refractivity contribution in [2.75, 3.05) is 0 Å². The lowest BCUT2D eigenvalue weighted by Crippen LogP contribution is -2.53. The van der Waals surface area contributed by atoms with Crippen molar-refractivity contribution in [3.05, 3.63) is 35.9 Å². The van der Waals surface area contributed by atoms with Gasteiger partial charge in [-0.05, 0) is 23.8 Å². The second kappa shape index (κ2) is 4.44. The Labute approximate surface area is 103 Å². The molecule has 0 saturated carbocycles. The Balaban J connectivity index is 3.60. The molecule has 1 aromatic rings. The number of phenolic OH excluding ortho intramolecular Hbond substituents is 1. The number of alkyl halides is 6. The Morgan fingerprint density at radius 3 is 1.79 bits per heavy atom. The summed E-state index contributed by atoms with van der Waals surface area (Å²) >= 11 is 0. The maximum Gasteiger partial charge on any atom is 0.430 e. The molecular formula is C11H8F6O2. The molecule has 0 fully saturated rings. The lowest BCUT2D eigenvalue weighted by atomic mass is 9.90. The van der Waals surface area contributed by atoms with Gasteiger partial charge in [-0.25, -0.2) is 0 Å². The maximum absolute atomic E-state index is 12.6. The quantitative estimate of drug-likeness (QED) is 0.818. The summed E-state index contributed by atoms with van der Waals surface area (Å²) in [6.07, 6.45) is -11.0. The minimum Gasteiger partial charge on any atom is -0.508 e. The highest BCUT2D eigenvalue weighted by Crippen LogP contribution is 2.50. The third-order valence-corrected chi connectivity index (χ3v) is 2.41. The fourth-order valence-electron chi connectivity index (χ4n) is 1.45. The molecule has 2 nitrogen and oxygen atoms in total. The molecule has 0 aliphatic heterocycles. The summed E-state index contributed by atoms with van der Waals surface area (Å²) in [6, 6.07) is 1.56. The van der Waals surface area contributed by atoms with Gasteiger partial charge in [0.15, 0.2) is 0 Å². The molecule has 1 rings (SSSR count). The van der Waals surface area contributed by atoms with Crippen LogP contribution in [0, 0.1) is 0 Å². The molecule has 0 amide bonds. The van der Waals surface area contributed by atoms with Crippen LogP contribution in [-0.2, 0) is 5.60 Å². The first kappa shape index (κ1) is 15.4. The van der Waals surface area contributed by atoms with Crippen LogP contribution < -0.4 is 0 Å². The molecule has 106 valence electrons. The normalized spacial score (nSPS) is 13.4. The van der Waals surface area contributed by atoms with Gasteiger partial charge in [0.25, 0.3) is 5.60 Å². The molecule has 0 spiro atoms. The van der Waals surface area contributed by atoms with Gasteiger partial charge < -0.3 is 10.2 Å². The van der Waals surface area contributed by atoms with Gasteiger partial charge in [-0.2, -0.15) is 26.3 Å². The van der Waals surface area contributed by atoms with Crippen LogP contribution in [0.3, 0.4) is 0 Å². The van der Waals surface area contributed by atoms with E-state index in [4.69, 9.17) is 10.2 Å². The van der Waals surface area contributed by atoms with E-state index in [-0.39, 0.29) is 11.6 Å². The summed E-state index contributed by atoms with van der Waals surface area (Å²) in [5, 5.41) is 18.2. The third-order valence-electron chi connectivity index (χ3n) is 2.41. The van der Waals surface area contributed by atoms with Crippen molar-refractivity contribution in [3.8, 4) is 5.75 Å². The highest BCUT2D eigenvalue weighted by Gasteiger charge is 2.71. The van der Waals surface area contributed by atoms with E-state index in [9.17, 15) is 26.3 Å². The monoisotopic (exact) mass is 286 g/mol. The Bertz CT molecular complexity index is 475. The SMILES string of the molecule is C=Cc1cc(O)cc(C(O)(C(F)(F)F)C(F)(F)F)c1. The summed E-state index contributed by atoms with van der Waals surface area (Å²) in [4.78, 5) is 0. The van der Waals surface area contributed by atoms with Crippen molar-refractivity contribution in [1.82, 2.24) is 0 Å². The van der Waals surface area contributed by atoms with E-state index in [0.29, 0.717) is 6.07 Å². The zero-order chi connectivity index (χ0) is 15.1. The highest BCUT2D eigenvalue weighted by atomic mass is 19.4. The van der Waals surface area contributed by atoms with Crippen LogP contribution in [-0.4, -0.2) is 22.6 Å². The van der Waals surface area contributed by atoms with Crippen LogP contribution in [0.15, 0.2) is 24.8 Å². The van der Waals surface area contributed by atoms with E-state index in [2.05, 4.69) is 6.58 Å². The number of rotatable bonds is 2. The maximum atomic E-state index is 12.6. The number of hydrogen-bond donors (Lipinski definition) is 2. The van der Waals surface area contributed by atoms with Gasteiger partial charge in [-0.3, -0.25) is 0 Å². The molecule has 0 aliphatic rings. The molecule has 0 bridgehead atoms. The minimum absolute atomic E-state index is 0.193. The summed E-state index contributed by atoms with van der Waals surface area (Å²) in [5.74, 6) is -0.848. The average Bonchev–Trinajstić information content (AvgIpc) is 2.23. The molecule has 0 heterocycles. The minimum atomic E-state index is -5.99. The Morgan fingerprint density at radius 1 is 0.947 bits per heavy atom. The predicted molar refractivity (Wildman–Crippen MR) is 54.2 cm³/mol. The van der Waals surface area contributed by atoms with Gasteiger partial charge in [0.05, 0.1) is 0 Å². The molecule has 0 saturated heterocycles. The number of aliphatic hydroxyl groups is 1. The van der Waals surface area contributed by atoms with Crippen LogP contribution in [0.5, 0.6) is 5.75 Å². The van der Waals surface area contributed by atoms with Crippen molar-refractivity contribution in [3.63, 3.8) is 0 Å². The largest absolute Gasteiger partial charge is 0.508 e. The number of phenols is 1. The second-order valence-electron chi connectivity index (χ2n) is 3.72. The molecule has 0 radical (unpaired) electrons. The second-order valence-corrected chi connectivity index (χ2v) is 3.72. The van der Waals surface area contributed by atoms with Gasteiger partial charge >= 0.3 is 12.4 Å². The van der Waals surface area contributed by atoms with Crippen molar-refractivity contribution in [1.29, 1.82) is 0 Å². The van der Waals surface area contributed by atoms with Gasteiger partial charge in [-0.15, -0.1) is 0 Å². The van der Waals surface area contributed by atoms with Crippen LogP contribution in [0.25, 0.3) is 6.08 Å². The molecule has 1 aromatic carbocycles. The van der Waals surface area contributed by atoms with Crippen molar-refractivity contribution >= 4 is 6.08 Å². The van der Waals surface area contributed by atoms with Crippen LogP contribution in [0.1, 0.15) is 11.1 Å². The fraction of sp³-hybridized carbons (Fsp3) is 0.273. The summed E-state index contributed by atoms with van der Waals surface area (Å²) < 4.78 is 75.5. The Morgan fingerprint density at radius 2 is 1.42 bits per heavy atom. The van der Waals surface area contributed by atoms with Crippen molar-refractivity contribution < 1.29 is 36.6 Å². The first-order chi connectivity index (χ1) is 8.43. The van der Waals surface area contributed by atoms with Gasteiger partial charge in [0.1, 0.15) is 5.75 Å². The molecule has 0 aliphatic carbocycles. The van der Waals surface area contributed by atoms with Crippen LogP contribution >= 0.6 is 0 Å². The zero-order valence-electron chi connectivity index (χ0n) is 9.18. The van der Waals surface area contributed by atoms with E-state index in [1.54, 1.807) is 0 Å². The molecule has 2 N–H and O–H groups in total. The lowest BCUT2D eigenvalue weighted by Gasteiger charge is -2.32.